The van der Waals surface area contributed by atoms with Crippen molar-refractivity contribution in [2.75, 3.05) is 6.61 Å². The van der Waals surface area contributed by atoms with Crippen LogP contribution in [0, 0.1) is 5.82 Å². The second kappa shape index (κ2) is 5.43. The molecule has 0 saturated heterocycles. The first-order valence-corrected chi connectivity index (χ1v) is 5.61. The summed E-state index contributed by atoms with van der Waals surface area (Å²) in [5.74, 6) is -2.06. The summed E-state index contributed by atoms with van der Waals surface area (Å²) < 4.78 is 19.2. The summed E-state index contributed by atoms with van der Waals surface area (Å²) in [6.45, 7) is 1.98. The molecule has 1 N–H and O–H groups in total. The second-order valence-electron chi connectivity index (χ2n) is 3.62. The lowest BCUT2D eigenvalue weighted by atomic mass is 10.0. The van der Waals surface area contributed by atoms with Crippen molar-refractivity contribution in [1.29, 1.82) is 0 Å². The Balaban J connectivity index is 2.59. The first kappa shape index (κ1) is 12.9. The van der Waals surface area contributed by atoms with E-state index < -0.39 is 11.8 Å². The summed E-state index contributed by atoms with van der Waals surface area (Å²) in [6.07, 6.45) is 2.71. The Morgan fingerprint density at radius 1 is 1.32 bits per heavy atom. The molecule has 2 aromatic rings. The van der Waals surface area contributed by atoms with Crippen LogP contribution < -0.4 is 4.74 Å². The van der Waals surface area contributed by atoms with Crippen molar-refractivity contribution in [1.82, 2.24) is 9.97 Å². The van der Waals surface area contributed by atoms with Crippen molar-refractivity contribution in [3.05, 3.63) is 42.1 Å². The molecule has 0 spiro atoms. The molecule has 2 rings (SSSR count). The van der Waals surface area contributed by atoms with Crippen LogP contribution in [0.25, 0.3) is 11.1 Å². The van der Waals surface area contributed by atoms with E-state index in [2.05, 4.69) is 9.97 Å². The van der Waals surface area contributed by atoms with E-state index in [1.54, 1.807) is 13.0 Å². The van der Waals surface area contributed by atoms with Gasteiger partial charge in [-0.1, -0.05) is 6.07 Å². The van der Waals surface area contributed by atoms with Gasteiger partial charge >= 0.3 is 5.97 Å². The number of aromatic nitrogens is 2. The monoisotopic (exact) mass is 262 g/mol. The number of pyridine rings is 2. The molecule has 0 aliphatic rings. The zero-order valence-electron chi connectivity index (χ0n) is 10.1. The number of nitrogens with zero attached hydrogens (tertiary/aromatic N) is 2. The number of carboxylic acid groups (broad SMARTS) is 1. The van der Waals surface area contributed by atoms with Crippen LogP contribution in [0.4, 0.5) is 4.39 Å². The maximum absolute atomic E-state index is 14.2. The van der Waals surface area contributed by atoms with Gasteiger partial charge in [0, 0.05) is 23.5 Å². The maximum Gasteiger partial charge on any atom is 0.355 e. The molecule has 0 radical (unpaired) electrons. The molecule has 0 bridgehead atoms. The van der Waals surface area contributed by atoms with Gasteiger partial charge in [0.05, 0.1) is 6.61 Å². The summed E-state index contributed by atoms with van der Waals surface area (Å²) in [5.41, 5.74) is 0.0786. The smallest absolute Gasteiger partial charge is 0.355 e. The quantitative estimate of drug-likeness (QED) is 0.915. The molecule has 5 nitrogen and oxygen atoms in total. The first-order valence-electron chi connectivity index (χ1n) is 5.61. The maximum atomic E-state index is 14.2. The molecule has 0 aromatic carbocycles. The van der Waals surface area contributed by atoms with Crippen LogP contribution in [-0.4, -0.2) is 27.7 Å². The molecular weight excluding hydrogens is 251 g/mol. The highest BCUT2D eigenvalue weighted by Gasteiger charge is 2.18. The SMILES string of the molecule is CCOc1nccc(-c2cccnc2C(=O)O)c1F. The van der Waals surface area contributed by atoms with Crippen molar-refractivity contribution >= 4 is 5.97 Å². The van der Waals surface area contributed by atoms with E-state index in [9.17, 15) is 9.18 Å². The number of hydrogen-bond donors (Lipinski definition) is 1. The Labute approximate surface area is 108 Å². The number of carboxylic acids is 1. The number of rotatable bonds is 4. The van der Waals surface area contributed by atoms with Crippen LogP contribution in [-0.2, 0) is 0 Å². The molecule has 2 heterocycles. The molecule has 0 amide bonds. The van der Waals surface area contributed by atoms with Gasteiger partial charge < -0.3 is 9.84 Å². The van der Waals surface area contributed by atoms with E-state index in [1.165, 1.54) is 24.5 Å². The van der Waals surface area contributed by atoms with E-state index in [0.717, 1.165) is 0 Å². The number of hydrogen-bond acceptors (Lipinski definition) is 4. The fourth-order valence-electron chi connectivity index (χ4n) is 1.66. The van der Waals surface area contributed by atoms with E-state index >= 15 is 0 Å². The lowest BCUT2D eigenvalue weighted by molar-refractivity contribution is 0.0691. The zero-order valence-corrected chi connectivity index (χ0v) is 10.1. The fraction of sp³-hybridized carbons (Fsp3) is 0.154. The van der Waals surface area contributed by atoms with Crippen LogP contribution in [0.15, 0.2) is 30.6 Å². The van der Waals surface area contributed by atoms with Crippen molar-refractivity contribution in [2.24, 2.45) is 0 Å². The standard InChI is InChI=1S/C13H11FN2O3/c1-2-19-12-10(14)8(5-7-16-12)9-4-3-6-15-11(9)13(17)18/h3-7H,2H2,1H3,(H,17,18). The number of aromatic carboxylic acids is 1. The van der Waals surface area contributed by atoms with Crippen molar-refractivity contribution in [3.8, 4) is 17.0 Å². The number of ether oxygens (including phenoxy) is 1. The molecular formula is C13H11FN2O3. The summed E-state index contributed by atoms with van der Waals surface area (Å²) in [5, 5.41) is 9.06. The minimum atomic E-state index is -1.22. The largest absolute Gasteiger partial charge is 0.476 e. The molecule has 98 valence electrons. The third-order valence-corrected chi connectivity index (χ3v) is 2.44. The molecule has 0 atom stereocenters. The molecule has 2 aromatic heterocycles. The van der Waals surface area contributed by atoms with Crippen molar-refractivity contribution in [3.63, 3.8) is 0 Å². The van der Waals surface area contributed by atoms with Crippen LogP contribution in [0.1, 0.15) is 17.4 Å². The topological polar surface area (TPSA) is 72.3 Å². The molecule has 19 heavy (non-hydrogen) atoms. The minimum absolute atomic E-state index is 0.101. The number of halogens is 1. The van der Waals surface area contributed by atoms with Gasteiger partial charge in [0.2, 0.25) is 0 Å². The molecule has 0 fully saturated rings. The number of carbonyl (C=O) groups is 1. The van der Waals surface area contributed by atoms with Gasteiger partial charge in [-0.3, -0.25) is 0 Å². The van der Waals surface area contributed by atoms with E-state index in [1.807, 2.05) is 0 Å². The van der Waals surface area contributed by atoms with Crippen molar-refractivity contribution < 1.29 is 19.0 Å². The van der Waals surface area contributed by atoms with E-state index in [4.69, 9.17) is 9.84 Å². The van der Waals surface area contributed by atoms with Crippen LogP contribution >= 0.6 is 0 Å². The summed E-state index contributed by atoms with van der Waals surface area (Å²) in [4.78, 5) is 18.6. The lowest BCUT2D eigenvalue weighted by Crippen LogP contribution is -2.05. The third kappa shape index (κ3) is 2.52. The molecule has 0 aliphatic carbocycles. The summed E-state index contributed by atoms with van der Waals surface area (Å²) in [6, 6.07) is 4.42. The Morgan fingerprint density at radius 3 is 2.79 bits per heavy atom. The molecule has 0 unspecified atom stereocenters. The zero-order chi connectivity index (χ0) is 13.8. The van der Waals surface area contributed by atoms with Gasteiger partial charge in [0.25, 0.3) is 5.88 Å². The average molecular weight is 262 g/mol. The lowest BCUT2D eigenvalue weighted by Gasteiger charge is -2.09. The van der Waals surface area contributed by atoms with Crippen molar-refractivity contribution in [2.45, 2.75) is 6.92 Å². The molecule has 0 saturated carbocycles. The average Bonchev–Trinajstić information content (AvgIpc) is 2.41. The second-order valence-corrected chi connectivity index (χ2v) is 3.62. The molecule has 6 heteroatoms. The minimum Gasteiger partial charge on any atom is -0.476 e. The highest BCUT2D eigenvalue weighted by molar-refractivity contribution is 5.93. The molecule has 0 aliphatic heterocycles. The van der Waals surface area contributed by atoms with Gasteiger partial charge in [-0.05, 0) is 19.1 Å². The first-order chi connectivity index (χ1) is 9.15. The van der Waals surface area contributed by atoms with Gasteiger partial charge in [-0.25, -0.2) is 19.2 Å². The Bertz CT molecular complexity index is 617. The Kier molecular flexibility index (Phi) is 3.70. The third-order valence-electron chi connectivity index (χ3n) is 2.44. The van der Waals surface area contributed by atoms with Gasteiger partial charge in [-0.2, -0.15) is 0 Å². The van der Waals surface area contributed by atoms with Crippen LogP contribution in [0.2, 0.25) is 0 Å². The predicted molar refractivity (Wildman–Crippen MR) is 65.6 cm³/mol. The van der Waals surface area contributed by atoms with Crippen LogP contribution in [0.3, 0.4) is 0 Å². The van der Waals surface area contributed by atoms with E-state index in [-0.39, 0.29) is 29.3 Å². The predicted octanol–water partition coefficient (Wildman–Crippen LogP) is 2.38. The van der Waals surface area contributed by atoms with Gasteiger partial charge in [-0.15, -0.1) is 0 Å². The van der Waals surface area contributed by atoms with Gasteiger partial charge in [0.1, 0.15) is 0 Å². The van der Waals surface area contributed by atoms with Gasteiger partial charge in [0.15, 0.2) is 11.5 Å². The highest BCUT2D eigenvalue weighted by atomic mass is 19.1. The Morgan fingerprint density at radius 2 is 2.11 bits per heavy atom. The normalized spacial score (nSPS) is 10.2. The summed E-state index contributed by atoms with van der Waals surface area (Å²) >= 11 is 0. The Hall–Kier alpha value is -2.50. The fourth-order valence-corrected chi connectivity index (χ4v) is 1.66. The highest BCUT2D eigenvalue weighted by Crippen LogP contribution is 2.29. The van der Waals surface area contributed by atoms with Crippen LogP contribution in [0.5, 0.6) is 5.88 Å². The van der Waals surface area contributed by atoms with E-state index in [0.29, 0.717) is 0 Å². The summed E-state index contributed by atoms with van der Waals surface area (Å²) in [7, 11) is 0.